The number of carbonyl (C=O) groups excluding carboxylic acids is 3. The Morgan fingerprint density at radius 2 is 1.87 bits per heavy atom. The predicted molar refractivity (Wildman–Crippen MR) is 114 cm³/mol. The molecule has 2 aromatic rings. The van der Waals surface area contributed by atoms with E-state index in [0.717, 1.165) is 5.56 Å². The van der Waals surface area contributed by atoms with Crippen LogP contribution in [0.15, 0.2) is 42.5 Å². The van der Waals surface area contributed by atoms with Gasteiger partial charge >= 0.3 is 6.09 Å². The van der Waals surface area contributed by atoms with Crippen LogP contribution in [0.1, 0.15) is 26.3 Å². The number of nitrogens with zero attached hydrogens (tertiary/aromatic N) is 1. The first-order valence-electron chi connectivity index (χ1n) is 9.55. The number of anilines is 3. The lowest BCUT2D eigenvalue weighted by Gasteiger charge is -2.29. The first-order chi connectivity index (χ1) is 14.1. The van der Waals surface area contributed by atoms with E-state index in [0.29, 0.717) is 22.8 Å². The summed E-state index contributed by atoms with van der Waals surface area (Å²) in [5.41, 5.74) is 1.79. The second kappa shape index (κ2) is 8.44. The fourth-order valence-corrected chi connectivity index (χ4v) is 2.92. The van der Waals surface area contributed by atoms with Crippen molar-refractivity contribution in [1.82, 2.24) is 0 Å². The lowest BCUT2D eigenvalue weighted by molar-refractivity contribution is -0.123. The molecule has 1 aliphatic rings. The Balaban J connectivity index is 1.77. The van der Waals surface area contributed by atoms with Gasteiger partial charge in [0, 0.05) is 11.4 Å². The van der Waals surface area contributed by atoms with Gasteiger partial charge in [-0.15, -0.1) is 0 Å². The molecule has 8 nitrogen and oxygen atoms in total. The van der Waals surface area contributed by atoms with Gasteiger partial charge in [0.05, 0.1) is 5.69 Å². The number of aryl methyl sites for hydroxylation is 1. The minimum atomic E-state index is -0.642. The molecule has 0 spiro atoms. The second-order valence-electron chi connectivity index (χ2n) is 7.94. The average Bonchev–Trinajstić information content (AvgIpc) is 2.64. The highest BCUT2D eigenvalue weighted by atomic mass is 16.6. The molecule has 0 bridgehead atoms. The standard InChI is InChI=1S/C22H25N3O5/c1-14-7-5-6-8-16(14)24-19(26)12-25-17-11-15(23-21(28)30-22(2,3)4)9-10-18(17)29-13-20(25)27/h5-11H,12-13H2,1-4H3,(H,23,28)(H,24,26). The largest absolute Gasteiger partial charge is 0.482 e. The summed E-state index contributed by atoms with van der Waals surface area (Å²) in [5, 5.41) is 5.45. The average molecular weight is 411 g/mol. The molecule has 0 saturated heterocycles. The number of para-hydroxylation sites is 1. The van der Waals surface area contributed by atoms with Gasteiger partial charge < -0.3 is 14.8 Å². The van der Waals surface area contributed by atoms with E-state index < -0.39 is 11.7 Å². The summed E-state index contributed by atoms with van der Waals surface area (Å²) in [6.07, 6.45) is -0.616. The summed E-state index contributed by atoms with van der Waals surface area (Å²) < 4.78 is 10.7. The molecule has 30 heavy (non-hydrogen) atoms. The van der Waals surface area contributed by atoms with Crippen molar-refractivity contribution in [3.63, 3.8) is 0 Å². The van der Waals surface area contributed by atoms with Crippen molar-refractivity contribution in [1.29, 1.82) is 0 Å². The van der Waals surface area contributed by atoms with Crippen LogP contribution in [0.5, 0.6) is 5.75 Å². The van der Waals surface area contributed by atoms with Crippen LogP contribution in [0, 0.1) is 6.92 Å². The van der Waals surface area contributed by atoms with Crippen molar-refractivity contribution in [2.24, 2.45) is 0 Å². The summed E-state index contributed by atoms with van der Waals surface area (Å²) in [6.45, 7) is 6.84. The lowest BCUT2D eigenvalue weighted by Crippen LogP contribution is -2.43. The van der Waals surface area contributed by atoms with Gasteiger partial charge in [-0.3, -0.25) is 19.8 Å². The van der Waals surface area contributed by atoms with Gasteiger partial charge in [-0.1, -0.05) is 18.2 Å². The smallest absolute Gasteiger partial charge is 0.412 e. The summed E-state index contributed by atoms with van der Waals surface area (Å²) in [5.74, 6) is -0.235. The van der Waals surface area contributed by atoms with Gasteiger partial charge in [0.25, 0.3) is 5.91 Å². The van der Waals surface area contributed by atoms with Crippen molar-refractivity contribution in [2.75, 3.05) is 28.7 Å². The molecule has 1 aliphatic heterocycles. The van der Waals surface area contributed by atoms with E-state index in [4.69, 9.17) is 9.47 Å². The van der Waals surface area contributed by atoms with Crippen molar-refractivity contribution in [3.8, 4) is 5.75 Å². The van der Waals surface area contributed by atoms with Gasteiger partial charge in [-0.25, -0.2) is 4.79 Å². The fraction of sp³-hybridized carbons (Fsp3) is 0.318. The third-order valence-corrected chi connectivity index (χ3v) is 4.27. The molecule has 1 heterocycles. The van der Waals surface area contributed by atoms with Crippen LogP contribution in [-0.4, -0.2) is 36.7 Å². The number of hydrogen-bond acceptors (Lipinski definition) is 5. The van der Waals surface area contributed by atoms with E-state index in [-0.39, 0.29) is 25.0 Å². The van der Waals surface area contributed by atoms with Crippen LogP contribution < -0.4 is 20.3 Å². The first-order valence-corrected chi connectivity index (χ1v) is 9.55. The molecular weight excluding hydrogens is 386 g/mol. The van der Waals surface area contributed by atoms with Crippen LogP contribution in [0.25, 0.3) is 0 Å². The maximum Gasteiger partial charge on any atom is 0.412 e. The number of rotatable bonds is 4. The molecule has 0 fully saturated rings. The third kappa shape index (κ3) is 5.28. The van der Waals surface area contributed by atoms with Crippen molar-refractivity contribution < 1.29 is 23.9 Å². The zero-order valence-electron chi connectivity index (χ0n) is 17.4. The number of ether oxygens (including phenoxy) is 2. The molecule has 3 rings (SSSR count). The number of amides is 3. The molecule has 0 unspecified atom stereocenters. The predicted octanol–water partition coefficient (Wildman–Crippen LogP) is 3.71. The van der Waals surface area contributed by atoms with Crippen molar-refractivity contribution in [3.05, 3.63) is 48.0 Å². The Hall–Kier alpha value is -3.55. The first kappa shape index (κ1) is 21.2. The Bertz CT molecular complexity index is 981. The molecule has 3 amide bonds. The molecular formula is C22H25N3O5. The molecule has 0 radical (unpaired) electrons. The van der Waals surface area contributed by atoms with Gasteiger partial charge in [0.1, 0.15) is 17.9 Å². The SMILES string of the molecule is Cc1ccccc1NC(=O)CN1C(=O)COc2ccc(NC(=O)OC(C)(C)C)cc21. The van der Waals surface area contributed by atoms with E-state index >= 15 is 0 Å². The summed E-state index contributed by atoms with van der Waals surface area (Å²) in [4.78, 5) is 38.4. The van der Waals surface area contributed by atoms with Crippen LogP contribution in [-0.2, 0) is 14.3 Å². The summed E-state index contributed by atoms with van der Waals surface area (Å²) in [6, 6.07) is 12.3. The zero-order valence-corrected chi connectivity index (χ0v) is 17.4. The number of hydrogen-bond donors (Lipinski definition) is 2. The Morgan fingerprint density at radius 3 is 2.57 bits per heavy atom. The van der Waals surface area contributed by atoms with E-state index in [1.165, 1.54) is 4.90 Å². The minimum Gasteiger partial charge on any atom is -0.482 e. The van der Waals surface area contributed by atoms with Crippen molar-refractivity contribution >= 4 is 35.0 Å². The molecule has 2 aromatic carbocycles. The van der Waals surface area contributed by atoms with Gasteiger partial charge in [-0.05, 0) is 57.5 Å². The quantitative estimate of drug-likeness (QED) is 0.800. The summed E-state index contributed by atoms with van der Waals surface area (Å²) >= 11 is 0. The van der Waals surface area contributed by atoms with E-state index in [1.54, 1.807) is 45.0 Å². The van der Waals surface area contributed by atoms with Crippen LogP contribution in [0.4, 0.5) is 21.9 Å². The highest BCUT2D eigenvalue weighted by Gasteiger charge is 2.28. The van der Waals surface area contributed by atoms with Gasteiger partial charge in [0.2, 0.25) is 5.91 Å². The highest BCUT2D eigenvalue weighted by Crippen LogP contribution is 2.34. The second-order valence-corrected chi connectivity index (χ2v) is 7.94. The Kier molecular flexibility index (Phi) is 5.96. The topological polar surface area (TPSA) is 97.0 Å². The zero-order chi connectivity index (χ0) is 21.9. The molecule has 0 aromatic heterocycles. The maximum atomic E-state index is 12.6. The number of nitrogens with one attached hydrogen (secondary N) is 2. The van der Waals surface area contributed by atoms with Crippen LogP contribution in [0.3, 0.4) is 0 Å². The van der Waals surface area contributed by atoms with Gasteiger partial charge in [0.15, 0.2) is 6.61 Å². The number of carbonyl (C=O) groups is 3. The monoisotopic (exact) mass is 411 g/mol. The Labute approximate surface area is 175 Å². The van der Waals surface area contributed by atoms with E-state index in [9.17, 15) is 14.4 Å². The molecule has 2 N–H and O–H groups in total. The molecule has 0 atom stereocenters. The molecule has 158 valence electrons. The van der Waals surface area contributed by atoms with E-state index in [1.807, 2.05) is 25.1 Å². The Morgan fingerprint density at radius 1 is 1.13 bits per heavy atom. The normalized spacial score (nSPS) is 13.2. The number of benzene rings is 2. The fourth-order valence-electron chi connectivity index (χ4n) is 2.92. The van der Waals surface area contributed by atoms with Gasteiger partial charge in [-0.2, -0.15) is 0 Å². The minimum absolute atomic E-state index is 0.163. The third-order valence-electron chi connectivity index (χ3n) is 4.27. The lowest BCUT2D eigenvalue weighted by atomic mass is 10.2. The molecule has 0 saturated carbocycles. The van der Waals surface area contributed by atoms with Crippen molar-refractivity contribution in [2.45, 2.75) is 33.3 Å². The van der Waals surface area contributed by atoms with Crippen LogP contribution >= 0.6 is 0 Å². The molecule has 8 heteroatoms. The maximum absolute atomic E-state index is 12.6. The molecule has 0 aliphatic carbocycles. The number of fused-ring (bicyclic) bond motifs is 1. The summed E-state index contributed by atoms with van der Waals surface area (Å²) in [7, 11) is 0. The van der Waals surface area contributed by atoms with Crippen LogP contribution in [0.2, 0.25) is 0 Å². The highest BCUT2D eigenvalue weighted by molar-refractivity contribution is 6.05. The van der Waals surface area contributed by atoms with E-state index in [2.05, 4.69) is 10.6 Å².